The van der Waals surface area contributed by atoms with E-state index >= 15 is 0 Å². The van der Waals surface area contributed by atoms with E-state index in [0.29, 0.717) is 47.7 Å². The van der Waals surface area contributed by atoms with E-state index in [9.17, 15) is 14.7 Å². The van der Waals surface area contributed by atoms with Crippen molar-refractivity contribution in [3.63, 3.8) is 0 Å². The summed E-state index contributed by atoms with van der Waals surface area (Å²) in [6, 6.07) is 8.16. The maximum Gasteiger partial charge on any atom is 0.335 e. The topological polar surface area (TPSA) is 72.9 Å². The van der Waals surface area contributed by atoms with Gasteiger partial charge in [-0.05, 0) is 153 Å². The minimum absolute atomic E-state index is 0.000327. The van der Waals surface area contributed by atoms with Crippen LogP contribution in [0.15, 0.2) is 42.5 Å². The molecule has 9 atom stereocenters. The molecular weight excluding hydrogens is 643 g/mol. The quantitative estimate of drug-likeness (QED) is 0.263. The standard InChI is InChI=1S/C46H69N3O3/c1-10-31(4)34-17-22-46(47-39(50)29-48-25-27-49(28-26-48)30(2)3)24-23-44(8)36(40(34)46)15-16-38-43(7)20-18-35(32-11-13-33(14-12-32)41(51)52)42(5,6)37(43)19-21-45(38,44)9/h11-14,18,30,34,36-38,40H,4,10,15-17,19-29H2,1-3,5-9H3,(H,47,50)(H,51,52). The summed E-state index contributed by atoms with van der Waals surface area (Å²) in [5.74, 6) is 2.13. The van der Waals surface area contributed by atoms with Gasteiger partial charge in [0, 0.05) is 37.8 Å². The number of benzene rings is 1. The summed E-state index contributed by atoms with van der Waals surface area (Å²) < 4.78 is 0. The van der Waals surface area contributed by atoms with Gasteiger partial charge < -0.3 is 10.4 Å². The highest BCUT2D eigenvalue weighted by molar-refractivity contribution is 5.88. The monoisotopic (exact) mass is 712 g/mol. The zero-order valence-electron chi connectivity index (χ0n) is 33.8. The molecule has 1 aliphatic heterocycles. The molecule has 5 fully saturated rings. The van der Waals surface area contributed by atoms with Gasteiger partial charge in [-0.2, -0.15) is 0 Å². The fraction of sp³-hybridized carbons (Fsp3) is 0.739. The Kier molecular flexibility index (Phi) is 9.75. The van der Waals surface area contributed by atoms with Crippen LogP contribution in [0.5, 0.6) is 0 Å². The third kappa shape index (κ3) is 5.78. The van der Waals surface area contributed by atoms with E-state index in [-0.39, 0.29) is 33.1 Å². The fourth-order valence-corrected chi connectivity index (χ4v) is 14.4. The van der Waals surface area contributed by atoms with Crippen LogP contribution in [0, 0.1) is 51.2 Å². The molecule has 1 aromatic rings. The summed E-state index contributed by atoms with van der Waals surface area (Å²) in [6.45, 7) is 29.0. The Balaban J connectivity index is 1.15. The van der Waals surface area contributed by atoms with Gasteiger partial charge >= 0.3 is 5.97 Å². The second-order valence-electron chi connectivity index (χ2n) is 19.9. The van der Waals surface area contributed by atoms with Gasteiger partial charge in [-0.3, -0.25) is 14.6 Å². The summed E-state index contributed by atoms with van der Waals surface area (Å²) >= 11 is 0. The molecular formula is C46H69N3O3. The minimum Gasteiger partial charge on any atom is -0.478 e. The Morgan fingerprint density at radius 3 is 2.21 bits per heavy atom. The third-order valence-electron chi connectivity index (χ3n) is 17.3. The van der Waals surface area contributed by atoms with Gasteiger partial charge in [0.2, 0.25) is 5.91 Å². The molecule has 0 bridgehead atoms. The predicted octanol–water partition coefficient (Wildman–Crippen LogP) is 9.32. The van der Waals surface area contributed by atoms with Crippen LogP contribution in [0.25, 0.3) is 5.57 Å². The number of carboxylic acids is 1. The Morgan fingerprint density at radius 2 is 1.58 bits per heavy atom. The number of hydrogen-bond donors (Lipinski definition) is 2. The SMILES string of the molecule is C=C(CC)C1CCC2(NC(=O)CN3CCN(C(C)C)CC3)CCC3(C)C(CCC4C5(C)CC=C(c6ccc(C(=O)O)cc6)C(C)(C)C5CCC43C)C12. The van der Waals surface area contributed by atoms with Crippen molar-refractivity contribution in [3.8, 4) is 0 Å². The van der Waals surface area contributed by atoms with E-state index < -0.39 is 5.97 Å². The molecule has 6 nitrogen and oxygen atoms in total. The van der Waals surface area contributed by atoms with Crippen molar-refractivity contribution in [1.82, 2.24) is 15.1 Å². The first-order chi connectivity index (χ1) is 24.5. The summed E-state index contributed by atoms with van der Waals surface area (Å²) in [7, 11) is 0. The van der Waals surface area contributed by atoms with Gasteiger partial charge in [0.1, 0.15) is 0 Å². The van der Waals surface area contributed by atoms with Crippen LogP contribution in [-0.2, 0) is 4.79 Å². The maximum absolute atomic E-state index is 14.0. The Hall–Kier alpha value is -2.44. The predicted molar refractivity (Wildman–Crippen MR) is 212 cm³/mol. The van der Waals surface area contributed by atoms with Crippen molar-refractivity contribution in [2.45, 2.75) is 131 Å². The van der Waals surface area contributed by atoms with Crippen molar-refractivity contribution in [2.24, 2.45) is 51.2 Å². The highest BCUT2D eigenvalue weighted by Gasteiger charge is 2.70. The molecule has 1 aromatic carbocycles. The van der Waals surface area contributed by atoms with Crippen LogP contribution in [-0.4, -0.2) is 71.1 Å². The molecule has 1 amide bonds. The van der Waals surface area contributed by atoms with Gasteiger partial charge in [0.15, 0.2) is 0 Å². The number of nitrogens with zero attached hydrogens (tertiary/aromatic N) is 2. The van der Waals surface area contributed by atoms with E-state index in [1.54, 1.807) is 12.1 Å². The van der Waals surface area contributed by atoms with E-state index in [2.05, 4.69) is 76.6 Å². The Labute approximate surface area is 315 Å². The van der Waals surface area contributed by atoms with Crippen LogP contribution in [0.3, 0.4) is 0 Å². The highest BCUT2D eigenvalue weighted by atomic mass is 16.4. The average Bonchev–Trinajstić information content (AvgIpc) is 3.47. The number of nitrogens with one attached hydrogen (secondary N) is 1. The van der Waals surface area contributed by atoms with Gasteiger partial charge in [-0.1, -0.05) is 71.9 Å². The molecule has 6 aliphatic rings. The summed E-state index contributed by atoms with van der Waals surface area (Å²) in [5, 5.41) is 13.4. The first-order valence-corrected chi connectivity index (χ1v) is 21.0. The lowest BCUT2D eigenvalue weighted by Gasteiger charge is -2.72. The van der Waals surface area contributed by atoms with Gasteiger partial charge in [0.25, 0.3) is 0 Å². The smallest absolute Gasteiger partial charge is 0.335 e. The molecule has 0 aromatic heterocycles. The molecule has 2 N–H and O–H groups in total. The van der Waals surface area contributed by atoms with Crippen molar-refractivity contribution < 1.29 is 14.7 Å². The van der Waals surface area contributed by atoms with Gasteiger partial charge in [-0.15, -0.1) is 0 Å². The molecule has 4 saturated carbocycles. The third-order valence-corrected chi connectivity index (χ3v) is 17.3. The summed E-state index contributed by atoms with van der Waals surface area (Å²) in [5.41, 5.74) is 4.86. The number of carbonyl (C=O) groups is 2. The number of carboxylic acid groups (broad SMARTS) is 1. The first-order valence-electron chi connectivity index (χ1n) is 21.0. The molecule has 7 rings (SSSR count). The van der Waals surface area contributed by atoms with E-state index in [0.717, 1.165) is 58.3 Å². The lowest BCUT2D eigenvalue weighted by Crippen LogP contribution is -2.68. The molecule has 0 spiro atoms. The second kappa shape index (κ2) is 13.4. The average molecular weight is 712 g/mol. The zero-order valence-corrected chi connectivity index (χ0v) is 33.8. The number of piperazine rings is 1. The molecule has 0 radical (unpaired) electrons. The molecule has 6 heteroatoms. The number of allylic oxidation sites excluding steroid dienone is 3. The summed E-state index contributed by atoms with van der Waals surface area (Å²) in [6.07, 6.45) is 14.2. The maximum atomic E-state index is 14.0. The second-order valence-corrected chi connectivity index (χ2v) is 19.9. The van der Waals surface area contributed by atoms with E-state index in [4.69, 9.17) is 6.58 Å². The number of aromatic carboxylic acids is 1. The van der Waals surface area contributed by atoms with Crippen LogP contribution in [0.4, 0.5) is 0 Å². The van der Waals surface area contributed by atoms with Crippen LogP contribution in [0.1, 0.15) is 136 Å². The lowest BCUT2D eigenvalue weighted by atomic mass is 9.33. The molecule has 1 heterocycles. The van der Waals surface area contributed by atoms with Crippen LogP contribution in [0.2, 0.25) is 0 Å². The van der Waals surface area contributed by atoms with Crippen LogP contribution >= 0.6 is 0 Å². The number of fused-ring (bicyclic) bond motifs is 7. The molecule has 52 heavy (non-hydrogen) atoms. The Bertz CT molecular complexity index is 1590. The number of rotatable bonds is 8. The number of carbonyl (C=O) groups excluding carboxylic acids is 1. The molecule has 1 saturated heterocycles. The number of amides is 1. The lowest BCUT2D eigenvalue weighted by molar-refractivity contribution is -0.219. The fourth-order valence-electron chi connectivity index (χ4n) is 14.4. The molecule has 9 unspecified atom stereocenters. The van der Waals surface area contributed by atoms with Gasteiger partial charge in [0.05, 0.1) is 12.1 Å². The van der Waals surface area contributed by atoms with E-state index in [1.807, 2.05) is 12.1 Å². The van der Waals surface area contributed by atoms with Crippen molar-refractivity contribution >= 4 is 17.4 Å². The van der Waals surface area contributed by atoms with Crippen molar-refractivity contribution in [2.75, 3.05) is 32.7 Å². The zero-order chi connectivity index (χ0) is 37.4. The Morgan fingerprint density at radius 1 is 0.885 bits per heavy atom. The highest BCUT2D eigenvalue weighted by Crippen LogP contribution is 2.76. The molecule has 5 aliphatic carbocycles. The first kappa shape index (κ1) is 37.9. The largest absolute Gasteiger partial charge is 0.478 e. The van der Waals surface area contributed by atoms with Gasteiger partial charge in [-0.25, -0.2) is 4.79 Å². The van der Waals surface area contributed by atoms with E-state index in [1.165, 1.54) is 48.8 Å². The van der Waals surface area contributed by atoms with Crippen molar-refractivity contribution in [3.05, 3.63) is 53.6 Å². The molecule has 286 valence electrons. The number of hydrogen-bond acceptors (Lipinski definition) is 4. The normalized spacial score (nSPS) is 40.2. The van der Waals surface area contributed by atoms with Crippen molar-refractivity contribution in [1.29, 1.82) is 0 Å². The summed E-state index contributed by atoms with van der Waals surface area (Å²) in [4.78, 5) is 30.5. The van der Waals surface area contributed by atoms with Crippen LogP contribution < -0.4 is 5.32 Å². The minimum atomic E-state index is -0.868.